The van der Waals surface area contributed by atoms with Crippen molar-refractivity contribution < 1.29 is 0 Å². The molecule has 2 rings (SSSR count). The van der Waals surface area contributed by atoms with Gasteiger partial charge in [-0.1, -0.05) is 38.1 Å². The van der Waals surface area contributed by atoms with Crippen LogP contribution in [0.5, 0.6) is 0 Å². The number of fused-ring (bicyclic) bond motifs is 1. The monoisotopic (exact) mass is 188 g/mol. The number of hydrogen-bond acceptors (Lipinski definition) is 2. The Balaban J connectivity index is 2.61. The topological polar surface area (TPSA) is 38.4 Å². The van der Waals surface area contributed by atoms with Crippen LogP contribution >= 0.6 is 0 Å². The number of hydrazone groups is 1. The fourth-order valence-electron chi connectivity index (χ4n) is 2.16. The van der Waals surface area contributed by atoms with Crippen LogP contribution < -0.4 is 5.84 Å². The molecule has 0 amide bonds. The SMILES string of the molecule is CC1(C)CC/C(=N/N)c2ccccc21. The molecule has 14 heavy (non-hydrogen) atoms. The predicted molar refractivity (Wildman–Crippen MR) is 59.4 cm³/mol. The molecule has 74 valence electrons. The first-order valence-electron chi connectivity index (χ1n) is 5.02. The molecule has 0 atom stereocenters. The van der Waals surface area contributed by atoms with Gasteiger partial charge in [0.2, 0.25) is 0 Å². The minimum atomic E-state index is 0.255. The first-order valence-corrected chi connectivity index (χ1v) is 5.02. The average molecular weight is 188 g/mol. The summed E-state index contributed by atoms with van der Waals surface area (Å²) in [6.45, 7) is 4.55. The van der Waals surface area contributed by atoms with Gasteiger partial charge < -0.3 is 5.84 Å². The third-order valence-corrected chi connectivity index (χ3v) is 3.11. The lowest BCUT2D eigenvalue weighted by Gasteiger charge is -2.32. The number of nitrogens with two attached hydrogens (primary N) is 1. The summed E-state index contributed by atoms with van der Waals surface area (Å²) >= 11 is 0. The molecule has 0 saturated carbocycles. The fourth-order valence-corrected chi connectivity index (χ4v) is 2.16. The Kier molecular flexibility index (Phi) is 2.06. The van der Waals surface area contributed by atoms with E-state index in [4.69, 9.17) is 5.84 Å². The molecule has 2 nitrogen and oxygen atoms in total. The number of nitrogens with zero attached hydrogens (tertiary/aromatic N) is 1. The summed E-state index contributed by atoms with van der Waals surface area (Å²) < 4.78 is 0. The first-order chi connectivity index (χ1) is 6.65. The third-order valence-electron chi connectivity index (χ3n) is 3.11. The van der Waals surface area contributed by atoms with E-state index in [1.54, 1.807) is 0 Å². The van der Waals surface area contributed by atoms with Gasteiger partial charge in [0.05, 0.1) is 5.71 Å². The Morgan fingerprint density at radius 3 is 2.71 bits per heavy atom. The smallest absolute Gasteiger partial charge is 0.0676 e. The van der Waals surface area contributed by atoms with E-state index in [0.717, 1.165) is 18.6 Å². The Bertz CT molecular complexity index is 378. The molecule has 0 radical (unpaired) electrons. The zero-order chi connectivity index (χ0) is 10.2. The van der Waals surface area contributed by atoms with Gasteiger partial charge in [0.15, 0.2) is 0 Å². The summed E-state index contributed by atoms with van der Waals surface area (Å²) in [7, 11) is 0. The van der Waals surface area contributed by atoms with Gasteiger partial charge in [-0.2, -0.15) is 5.10 Å². The van der Waals surface area contributed by atoms with E-state index in [2.05, 4.69) is 37.1 Å². The standard InChI is InChI=1S/C12H16N2/c1-12(2)8-7-11(14-13)9-5-3-4-6-10(9)12/h3-6H,7-8,13H2,1-2H3/b14-11-. The maximum atomic E-state index is 5.39. The fraction of sp³-hybridized carbons (Fsp3) is 0.417. The van der Waals surface area contributed by atoms with E-state index in [9.17, 15) is 0 Å². The number of rotatable bonds is 0. The van der Waals surface area contributed by atoms with Crippen molar-refractivity contribution in [3.8, 4) is 0 Å². The van der Waals surface area contributed by atoms with Gasteiger partial charge in [-0.15, -0.1) is 0 Å². The van der Waals surface area contributed by atoms with Crippen molar-refractivity contribution in [2.75, 3.05) is 0 Å². The lowest BCUT2D eigenvalue weighted by molar-refractivity contribution is 0.479. The van der Waals surface area contributed by atoms with E-state index in [-0.39, 0.29) is 5.41 Å². The molecule has 0 bridgehead atoms. The van der Waals surface area contributed by atoms with Crippen molar-refractivity contribution in [2.45, 2.75) is 32.1 Å². The van der Waals surface area contributed by atoms with E-state index in [0.29, 0.717) is 0 Å². The molecule has 1 aliphatic rings. The molecular weight excluding hydrogens is 172 g/mol. The van der Waals surface area contributed by atoms with Crippen molar-refractivity contribution in [2.24, 2.45) is 10.9 Å². The minimum absolute atomic E-state index is 0.255. The summed E-state index contributed by atoms with van der Waals surface area (Å²) in [4.78, 5) is 0. The van der Waals surface area contributed by atoms with Gasteiger partial charge in [0, 0.05) is 5.56 Å². The number of benzene rings is 1. The molecule has 0 aromatic heterocycles. The zero-order valence-corrected chi connectivity index (χ0v) is 8.75. The second kappa shape index (κ2) is 3.12. The van der Waals surface area contributed by atoms with Gasteiger partial charge in [-0.3, -0.25) is 0 Å². The van der Waals surface area contributed by atoms with Crippen molar-refractivity contribution in [1.29, 1.82) is 0 Å². The molecule has 2 heteroatoms. The highest BCUT2D eigenvalue weighted by Gasteiger charge is 2.29. The summed E-state index contributed by atoms with van der Waals surface area (Å²) in [5.74, 6) is 5.39. The Hall–Kier alpha value is -1.31. The summed E-state index contributed by atoms with van der Waals surface area (Å²) in [6, 6.07) is 8.42. The zero-order valence-electron chi connectivity index (χ0n) is 8.75. The van der Waals surface area contributed by atoms with Crippen LogP contribution in [-0.4, -0.2) is 5.71 Å². The van der Waals surface area contributed by atoms with Crippen LogP contribution in [0.2, 0.25) is 0 Å². The van der Waals surface area contributed by atoms with Gasteiger partial charge in [0.25, 0.3) is 0 Å². The highest BCUT2D eigenvalue weighted by atomic mass is 15.1. The van der Waals surface area contributed by atoms with Crippen LogP contribution in [-0.2, 0) is 5.41 Å². The second-order valence-corrected chi connectivity index (χ2v) is 4.51. The highest BCUT2D eigenvalue weighted by Crippen LogP contribution is 2.36. The van der Waals surface area contributed by atoms with Gasteiger partial charge >= 0.3 is 0 Å². The molecule has 1 aliphatic carbocycles. The lowest BCUT2D eigenvalue weighted by atomic mass is 9.72. The minimum Gasteiger partial charge on any atom is -0.323 e. The van der Waals surface area contributed by atoms with E-state index >= 15 is 0 Å². The van der Waals surface area contributed by atoms with E-state index in [1.165, 1.54) is 11.1 Å². The largest absolute Gasteiger partial charge is 0.323 e. The molecule has 0 aliphatic heterocycles. The summed E-state index contributed by atoms with van der Waals surface area (Å²) in [5, 5.41) is 3.87. The molecule has 0 saturated heterocycles. The van der Waals surface area contributed by atoms with Crippen LogP contribution in [0.25, 0.3) is 0 Å². The maximum Gasteiger partial charge on any atom is 0.0676 e. The van der Waals surface area contributed by atoms with Gasteiger partial charge in [0.1, 0.15) is 0 Å². The lowest BCUT2D eigenvalue weighted by Crippen LogP contribution is -2.28. The summed E-state index contributed by atoms with van der Waals surface area (Å²) in [6.07, 6.45) is 2.11. The van der Waals surface area contributed by atoms with Crippen LogP contribution in [0.4, 0.5) is 0 Å². The van der Waals surface area contributed by atoms with Crippen LogP contribution in [0.15, 0.2) is 29.4 Å². The van der Waals surface area contributed by atoms with Gasteiger partial charge in [-0.05, 0) is 23.8 Å². The predicted octanol–water partition coefficient (Wildman–Crippen LogP) is 2.42. The summed E-state index contributed by atoms with van der Waals surface area (Å²) in [5.41, 5.74) is 3.90. The molecule has 2 N–H and O–H groups in total. The Labute approximate surface area is 84.8 Å². The van der Waals surface area contributed by atoms with E-state index < -0.39 is 0 Å². The molecule has 0 unspecified atom stereocenters. The maximum absolute atomic E-state index is 5.39. The average Bonchev–Trinajstić information content (AvgIpc) is 2.18. The van der Waals surface area contributed by atoms with Crippen molar-refractivity contribution >= 4 is 5.71 Å². The van der Waals surface area contributed by atoms with Crippen LogP contribution in [0.1, 0.15) is 37.8 Å². The van der Waals surface area contributed by atoms with Crippen LogP contribution in [0.3, 0.4) is 0 Å². The molecule has 0 spiro atoms. The first kappa shape index (κ1) is 9.25. The molecule has 1 aromatic carbocycles. The Morgan fingerprint density at radius 2 is 2.00 bits per heavy atom. The normalized spacial score (nSPS) is 22.0. The molecule has 0 heterocycles. The van der Waals surface area contributed by atoms with Crippen LogP contribution in [0, 0.1) is 0 Å². The highest BCUT2D eigenvalue weighted by molar-refractivity contribution is 6.03. The van der Waals surface area contributed by atoms with Crippen molar-refractivity contribution in [3.05, 3.63) is 35.4 Å². The second-order valence-electron chi connectivity index (χ2n) is 4.51. The van der Waals surface area contributed by atoms with E-state index in [1.807, 2.05) is 6.07 Å². The molecular formula is C12H16N2. The molecule has 1 aromatic rings. The van der Waals surface area contributed by atoms with Crippen molar-refractivity contribution in [1.82, 2.24) is 0 Å². The molecule has 0 fully saturated rings. The quantitative estimate of drug-likeness (QED) is 0.493. The number of hydrogen-bond donors (Lipinski definition) is 1. The van der Waals surface area contributed by atoms with Crippen molar-refractivity contribution in [3.63, 3.8) is 0 Å². The van der Waals surface area contributed by atoms with Gasteiger partial charge in [-0.25, -0.2) is 0 Å². The Morgan fingerprint density at radius 1 is 1.29 bits per heavy atom. The third kappa shape index (κ3) is 1.31.